The molecule has 0 aliphatic carbocycles. The summed E-state index contributed by atoms with van der Waals surface area (Å²) >= 11 is 0. The van der Waals surface area contributed by atoms with Crippen molar-refractivity contribution in [1.82, 2.24) is 9.80 Å². The lowest BCUT2D eigenvalue weighted by atomic mass is 10.00. The second-order valence-corrected chi connectivity index (χ2v) is 8.02. The van der Waals surface area contributed by atoms with E-state index in [1.165, 1.54) is 16.8 Å². The number of hydrogen-bond acceptors (Lipinski definition) is 4. The zero-order chi connectivity index (χ0) is 20.6. The van der Waals surface area contributed by atoms with Crippen LogP contribution in [0.2, 0.25) is 0 Å². The summed E-state index contributed by atoms with van der Waals surface area (Å²) in [6.45, 7) is 24.7. The molecule has 1 fully saturated rings. The Balaban J connectivity index is 2.94. The number of nitrogens with zero attached hydrogens (tertiary/aromatic N) is 3. The molecule has 0 radical (unpaired) electrons. The largest absolute Gasteiger partial charge is 0.474 e. The van der Waals surface area contributed by atoms with Gasteiger partial charge in [0.25, 0.3) is 0 Å². The summed E-state index contributed by atoms with van der Waals surface area (Å²) < 4.78 is 5.93. The molecule has 1 heterocycles. The van der Waals surface area contributed by atoms with Crippen molar-refractivity contribution in [3.05, 3.63) is 47.7 Å². The van der Waals surface area contributed by atoms with Crippen molar-refractivity contribution in [1.29, 1.82) is 0 Å². The number of allylic oxidation sites excluding steroid dienone is 5. The predicted octanol–water partition coefficient (Wildman–Crippen LogP) is 5.52. The van der Waals surface area contributed by atoms with E-state index in [0.29, 0.717) is 0 Å². The molecule has 4 nitrogen and oxygen atoms in total. The molecule has 1 rings (SSSR count). The highest BCUT2D eigenvalue weighted by atomic mass is 16.5. The van der Waals surface area contributed by atoms with Gasteiger partial charge in [-0.2, -0.15) is 0 Å². The molecule has 0 N–H and O–H groups in total. The Bertz CT molecular complexity index is 624. The van der Waals surface area contributed by atoms with Crippen LogP contribution in [-0.4, -0.2) is 47.3 Å². The Labute approximate surface area is 167 Å². The Morgan fingerprint density at radius 2 is 1.63 bits per heavy atom. The van der Waals surface area contributed by atoms with E-state index >= 15 is 0 Å². The number of hydrogen-bond donors (Lipinski definition) is 0. The lowest BCUT2D eigenvalue weighted by molar-refractivity contribution is -0.00706. The molecule has 27 heavy (non-hydrogen) atoms. The molecule has 0 unspecified atom stereocenters. The first-order chi connectivity index (χ1) is 12.6. The molecule has 4 heteroatoms. The van der Waals surface area contributed by atoms with Crippen molar-refractivity contribution in [2.24, 2.45) is 4.99 Å². The number of piperazine rings is 1. The quantitative estimate of drug-likeness (QED) is 0.334. The molecule has 0 aromatic rings. The summed E-state index contributed by atoms with van der Waals surface area (Å²) in [5.74, 6) is 0.774. The highest BCUT2D eigenvalue weighted by Gasteiger charge is 2.23. The maximum absolute atomic E-state index is 5.93. The van der Waals surface area contributed by atoms with Crippen LogP contribution in [0.3, 0.4) is 0 Å². The molecule has 0 spiro atoms. The van der Waals surface area contributed by atoms with Crippen LogP contribution in [0.15, 0.2) is 52.6 Å². The first-order valence-corrected chi connectivity index (χ1v) is 10.0. The van der Waals surface area contributed by atoms with Crippen LogP contribution in [0.5, 0.6) is 0 Å². The van der Waals surface area contributed by atoms with Gasteiger partial charge in [0.1, 0.15) is 5.60 Å². The summed E-state index contributed by atoms with van der Waals surface area (Å²) in [7, 11) is 0. The van der Waals surface area contributed by atoms with E-state index in [1.54, 1.807) is 0 Å². The zero-order valence-corrected chi connectivity index (χ0v) is 18.7. The second-order valence-electron chi connectivity index (χ2n) is 8.02. The molecule has 0 bridgehead atoms. The van der Waals surface area contributed by atoms with E-state index in [1.807, 2.05) is 6.20 Å². The third-order valence-electron chi connectivity index (χ3n) is 4.69. The summed E-state index contributed by atoms with van der Waals surface area (Å²) in [6, 6.07) is 0. The Morgan fingerprint density at radius 3 is 2.11 bits per heavy atom. The Kier molecular flexibility index (Phi) is 8.87. The first kappa shape index (κ1) is 23.1. The van der Waals surface area contributed by atoms with Gasteiger partial charge in [-0.25, -0.2) is 0 Å². The van der Waals surface area contributed by atoms with Gasteiger partial charge >= 0.3 is 0 Å². The van der Waals surface area contributed by atoms with E-state index in [4.69, 9.17) is 4.74 Å². The SMILES string of the molecule is C=C(OC(C)(C)C)N1CCN(/C(C)=C(C(\C)=C/C)/C(C)=N/C=C/CC)CC1. The fraction of sp³-hybridized carbons (Fsp3) is 0.609. The van der Waals surface area contributed by atoms with Gasteiger partial charge in [-0.1, -0.05) is 19.1 Å². The number of ether oxygens (including phenoxy) is 1. The third-order valence-corrected chi connectivity index (χ3v) is 4.69. The lowest BCUT2D eigenvalue weighted by Gasteiger charge is -2.40. The van der Waals surface area contributed by atoms with Gasteiger partial charge < -0.3 is 14.5 Å². The molecule has 1 saturated heterocycles. The minimum absolute atomic E-state index is 0.209. The van der Waals surface area contributed by atoms with Gasteiger partial charge in [-0.15, -0.1) is 0 Å². The van der Waals surface area contributed by atoms with E-state index in [2.05, 4.69) is 88.9 Å². The fourth-order valence-corrected chi connectivity index (χ4v) is 3.18. The number of rotatable bonds is 7. The molecule has 1 aliphatic rings. The van der Waals surface area contributed by atoms with Crippen LogP contribution in [0.25, 0.3) is 0 Å². The van der Waals surface area contributed by atoms with Gasteiger partial charge in [-0.3, -0.25) is 4.99 Å². The van der Waals surface area contributed by atoms with E-state index in [-0.39, 0.29) is 5.60 Å². The third kappa shape index (κ3) is 7.28. The maximum atomic E-state index is 5.93. The smallest absolute Gasteiger partial charge is 0.182 e. The summed E-state index contributed by atoms with van der Waals surface area (Å²) in [5.41, 5.74) is 4.66. The van der Waals surface area contributed by atoms with Crippen molar-refractivity contribution < 1.29 is 4.74 Å². The number of aliphatic imine (C=N–C) groups is 1. The van der Waals surface area contributed by atoms with Crippen LogP contribution in [0, 0.1) is 0 Å². The normalized spacial score (nSPS) is 18.1. The van der Waals surface area contributed by atoms with Crippen LogP contribution in [0.1, 0.15) is 61.8 Å². The predicted molar refractivity (Wildman–Crippen MR) is 118 cm³/mol. The summed E-state index contributed by atoms with van der Waals surface area (Å²) in [4.78, 5) is 9.34. The highest BCUT2D eigenvalue weighted by Crippen LogP contribution is 2.23. The fourth-order valence-electron chi connectivity index (χ4n) is 3.18. The molecule has 0 saturated carbocycles. The average Bonchev–Trinajstić information content (AvgIpc) is 2.60. The first-order valence-electron chi connectivity index (χ1n) is 10.0. The molecule has 1 aliphatic heterocycles. The molecule has 0 aromatic heterocycles. The van der Waals surface area contributed by atoms with Crippen molar-refractivity contribution in [2.75, 3.05) is 26.2 Å². The van der Waals surface area contributed by atoms with Crippen molar-refractivity contribution >= 4 is 5.71 Å². The van der Waals surface area contributed by atoms with E-state index in [9.17, 15) is 0 Å². The molecular weight excluding hydrogens is 334 g/mol. The highest BCUT2D eigenvalue weighted by molar-refractivity contribution is 6.02. The lowest BCUT2D eigenvalue weighted by Crippen LogP contribution is -2.46. The minimum Gasteiger partial charge on any atom is -0.474 e. The van der Waals surface area contributed by atoms with Gasteiger partial charge in [0.05, 0.1) is 0 Å². The zero-order valence-electron chi connectivity index (χ0n) is 18.7. The molecule has 0 amide bonds. The molecular formula is C23H39N3O. The summed E-state index contributed by atoms with van der Waals surface area (Å²) in [5, 5.41) is 0. The van der Waals surface area contributed by atoms with Crippen LogP contribution in [0.4, 0.5) is 0 Å². The summed E-state index contributed by atoms with van der Waals surface area (Å²) in [6.07, 6.45) is 7.16. The second kappa shape index (κ2) is 10.4. The molecule has 0 atom stereocenters. The molecule has 0 aromatic carbocycles. The van der Waals surface area contributed by atoms with Gasteiger partial charge in [0, 0.05) is 49.4 Å². The van der Waals surface area contributed by atoms with Crippen molar-refractivity contribution in [2.45, 2.75) is 67.4 Å². The monoisotopic (exact) mass is 373 g/mol. The maximum Gasteiger partial charge on any atom is 0.182 e. The average molecular weight is 374 g/mol. The van der Waals surface area contributed by atoms with Crippen LogP contribution in [-0.2, 0) is 4.74 Å². The van der Waals surface area contributed by atoms with Crippen LogP contribution >= 0.6 is 0 Å². The van der Waals surface area contributed by atoms with Crippen molar-refractivity contribution in [3.63, 3.8) is 0 Å². The Hall–Kier alpha value is -1.97. The van der Waals surface area contributed by atoms with E-state index < -0.39 is 0 Å². The minimum atomic E-state index is -0.209. The standard InChI is InChI=1S/C23H39N3O/c1-10-12-13-24-19(4)22(18(3)11-2)20(5)25-14-16-26(17-15-25)21(6)27-23(7,8)9/h11-13H,6,10,14-17H2,1-5,7-9H3/b13-12+,18-11-,22-20+,24-19+. The van der Waals surface area contributed by atoms with Gasteiger partial charge in [0.2, 0.25) is 0 Å². The topological polar surface area (TPSA) is 28.1 Å². The van der Waals surface area contributed by atoms with Crippen LogP contribution < -0.4 is 0 Å². The van der Waals surface area contributed by atoms with Crippen molar-refractivity contribution in [3.8, 4) is 0 Å². The Morgan fingerprint density at radius 1 is 1.07 bits per heavy atom. The van der Waals surface area contributed by atoms with Gasteiger partial charge in [-0.05, 0) is 67.0 Å². The van der Waals surface area contributed by atoms with Gasteiger partial charge in [0.15, 0.2) is 5.88 Å². The van der Waals surface area contributed by atoms with E-state index in [0.717, 1.165) is 44.2 Å². The molecule has 152 valence electrons.